The number of carbonyl (C=O) groups is 1. The molecule has 8 heteroatoms. The number of aliphatic hydroxyl groups is 1. The number of aliphatic hydroxyl groups excluding tert-OH is 1. The molecule has 2 N–H and O–H groups in total. The Balaban J connectivity index is 2.87. The molecule has 0 aliphatic rings. The highest BCUT2D eigenvalue weighted by Gasteiger charge is 2.34. The van der Waals surface area contributed by atoms with Crippen LogP contribution in [0.4, 0.5) is 22.4 Å². The second-order valence-electron chi connectivity index (χ2n) is 5.10. The van der Waals surface area contributed by atoms with E-state index in [2.05, 4.69) is 5.32 Å². The summed E-state index contributed by atoms with van der Waals surface area (Å²) in [5.41, 5.74) is 0.150. The molecule has 2 amide bonds. The Labute approximate surface area is 125 Å². The minimum absolute atomic E-state index is 0.0199. The zero-order chi connectivity index (χ0) is 16.9. The lowest BCUT2D eigenvalue weighted by atomic mass is 10.0. The van der Waals surface area contributed by atoms with Crippen LogP contribution >= 0.6 is 0 Å². The summed E-state index contributed by atoms with van der Waals surface area (Å²) in [6, 6.07) is 2.37. The van der Waals surface area contributed by atoms with E-state index in [0.29, 0.717) is 0 Å². The van der Waals surface area contributed by atoms with Gasteiger partial charge in [0.05, 0.1) is 18.6 Å². The summed E-state index contributed by atoms with van der Waals surface area (Å²) in [6.07, 6.45) is -6.56. The van der Waals surface area contributed by atoms with Crippen molar-refractivity contribution in [3.05, 3.63) is 35.6 Å². The van der Waals surface area contributed by atoms with Crippen molar-refractivity contribution >= 4 is 6.03 Å². The van der Waals surface area contributed by atoms with Gasteiger partial charge < -0.3 is 15.3 Å². The molecule has 1 aromatic carbocycles. The minimum Gasteiger partial charge on any atom is -0.392 e. The van der Waals surface area contributed by atoms with Crippen LogP contribution in [0.25, 0.3) is 0 Å². The number of likely N-dealkylation sites (N-methyl/N-ethyl adjacent to an activating group) is 1. The maximum absolute atomic E-state index is 12.9. The first-order chi connectivity index (χ1) is 10.1. The molecule has 1 aromatic rings. The molecule has 0 bridgehead atoms. The van der Waals surface area contributed by atoms with Crippen LogP contribution in [-0.4, -0.2) is 41.9 Å². The molecule has 0 spiro atoms. The van der Waals surface area contributed by atoms with Gasteiger partial charge in [-0.1, -0.05) is 12.1 Å². The van der Waals surface area contributed by atoms with Crippen LogP contribution in [0.1, 0.15) is 24.9 Å². The van der Waals surface area contributed by atoms with Gasteiger partial charge in [0.25, 0.3) is 0 Å². The fourth-order valence-electron chi connectivity index (χ4n) is 1.92. The Morgan fingerprint density at radius 3 is 2.32 bits per heavy atom. The van der Waals surface area contributed by atoms with Gasteiger partial charge in [-0.2, -0.15) is 13.2 Å². The zero-order valence-corrected chi connectivity index (χ0v) is 12.2. The fraction of sp³-hybridized carbons (Fsp3) is 0.500. The lowest BCUT2D eigenvalue weighted by Gasteiger charge is -2.25. The maximum Gasteiger partial charge on any atom is 0.391 e. The van der Waals surface area contributed by atoms with Crippen molar-refractivity contribution in [2.75, 3.05) is 13.6 Å². The molecule has 0 saturated heterocycles. The number of benzene rings is 1. The van der Waals surface area contributed by atoms with E-state index in [-0.39, 0.29) is 12.1 Å². The highest BCUT2D eigenvalue weighted by molar-refractivity contribution is 5.74. The van der Waals surface area contributed by atoms with E-state index in [1.807, 2.05) is 0 Å². The van der Waals surface area contributed by atoms with Crippen LogP contribution in [0.2, 0.25) is 0 Å². The van der Waals surface area contributed by atoms with Gasteiger partial charge in [-0.05, 0) is 24.6 Å². The van der Waals surface area contributed by atoms with Crippen molar-refractivity contribution in [1.29, 1.82) is 0 Å². The van der Waals surface area contributed by atoms with Crippen molar-refractivity contribution in [3.8, 4) is 0 Å². The monoisotopic (exact) mass is 322 g/mol. The van der Waals surface area contributed by atoms with Crippen molar-refractivity contribution in [1.82, 2.24) is 10.2 Å². The van der Waals surface area contributed by atoms with E-state index >= 15 is 0 Å². The topological polar surface area (TPSA) is 52.6 Å². The summed E-state index contributed by atoms with van der Waals surface area (Å²) in [5.74, 6) is -0.577. The van der Waals surface area contributed by atoms with Gasteiger partial charge in [-0.3, -0.25) is 0 Å². The molecular formula is C14H18F4N2O2. The molecule has 124 valence electrons. The summed E-state index contributed by atoms with van der Waals surface area (Å²) >= 11 is 0. The number of rotatable bonds is 5. The number of nitrogens with zero attached hydrogens (tertiary/aromatic N) is 1. The number of alkyl halides is 3. The summed E-state index contributed by atoms with van der Waals surface area (Å²) < 4.78 is 50.8. The van der Waals surface area contributed by atoms with Crippen LogP contribution in [0.5, 0.6) is 0 Å². The van der Waals surface area contributed by atoms with Crippen LogP contribution in [0.15, 0.2) is 24.3 Å². The second kappa shape index (κ2) is 7.44. The highest BCUT2D eigenvalue weighted by Crippen LogP contribution is 2.29. The van der Waals surface area contributed by atoms with Crippen LogP contribution in [0.3, 0.4) is 0 Å². The molecule has 0 aliphatic carbocycles. The summed E-state index contributed by atoms with van der Waals surface area (Å²) in [4.78, 5) is 13.0. The van der Waals surface area contributed by atoms with E-state index in [0.717, 1.165) is 17.0 Å². The number of halogens is 4. The number of amides is 2. The van der Waals surface area contributed by atoms with Gasteiger partial charge in [0.1, 0.15) is 5.82 Å². The molecule has 22 heavy (non-hydrogen) atoms. The molecule has 0 heterocycles. The molecule has 0 aliphatic heterocycles. The van der Waals surface area contributed by atoms with E-state index in [4.69, 9.17) is 0 Å². The Morgan fingerprint density at radius 2 is 1.86 bits per heavy atom. The molecule has 4 nitrogen and oxygen atoms in total. The molecule has 0 radical (unpaired) electrons. The van der Waals surface area contributed by atoms with E-state index < -0.39 is 36.6 Å². The lowest BCUT2D eigenvalue weighted by molar-refractivity contribution is -0.139. The molecule has 2 unspecified atom stereocenters. The molecule has 2 atom stereocenters. The number of hydrogen-bond donors (Lipinski definition) is 2. The molecule has 0 aromatic heterocycles. The van der Waals surface area contributed by atoms with Crippen LogP contribution < -0.4 is 5.32 Å². The predicted octanol–water partition coefficient (Wildman–Crippen LogP) is 2.84. The highest BCUT2D eigenvalue weighted by atomic mass is 19.4. The van der Waals surface area contributed by atoms with Crippen molar-refractivity contribution in [2.24, 2.45) is 0 Å². The Morgan fingerprint density at radius 1 is 1.32 bits per heavy atom. The lowest BCUT2D eigenvalue weighted by Crippen LogP contribution is -2.43. The van der Waals surface area contributed by atoms with Crippen molar-refractivity contribution < 1.29 is 27.5 Å². The van der Waals surface area contributed by atoms with Crippen LogP contribution in [-0.2, 0) is 0 Å². The van der Waals surface area contributed by atoms with Gasteiger partial charge in [0.15, 0.2) is 0 Å². The SMILES string of the molecule is CC(O)CN(C)C(=O)NC(CC(F)(F)F)c1ccc(F)cc1. The molecule has 0 saturated carbocycles. The standard InChI is InChI=1S/C14H18F4N2O2/c1-9(21)8-20(2)13(22)19-12(7-14(16,17)18)10-3-5-11(15)6-4-10/h3-6,9,12,21H,7-8H2,1-2H3,(H,19,22). The van der Waals surface area contributed by atoms with Gasteiger partial charge in [-0.15, -0.1) is 0 Å². The minimum atomic E-state index is -4.49. The summed E-state index contributed by atoms with van der Waals surface area (Å²) in [6.45, 7) is 1.44. The average Bonchev–Trinajstić information content (AvgIpc) is 2.36. The number of nitrogens with one attached hydrogen (secondary N) is 1. The number of urea groups is 1. The van der Waals surface area contributed by atoms with Gasteiger partial charge in [-0.25, -0.2) is 9.18 Å². The summed E-state index contributed by atoms with van der Waals surface area (Å²) in [7, 11) is 1.36. The number of hydrogen-bond acceptors (Lipinski definition) is 2. The van der Waals surface area contributed by atoms with Crippen molar-refractivity contribution in [3.63, 3.8) is 0 Å². The molecular weight excluding hydrogens is 304 g/mol. The van der Waals surface area contributed by atoms with E-state index in [1.165, 1.54) is 26.1 Å². The summed E-state index contributed by atoms with van der Waals surface area (Å²) in [5, 5.41) is 11.4. The average molecular weight is 322 g/mol. The first kappa shape index (κ1) is 18.2. The van der Waals surface area contributed by atoms with Gasteiger partial charge in [0, 0.05) is 13.6 Å². The Kier molecular flexibility index (Phi) is 6.16. The smallest absolute Gasteiger partial charge is 0.391 e. The first-order valence-corrected chi connectivity index (χ1v) is 6.60. The Bertz CT molecular complexity index is 489. The third kappa shape index (κ3) is 6.30. The molecule has 1 rings (SSSR count). The quantitative estimate of drug-likeness (QED) is 0.819. The fourth-order valence-corrected chi connectivity index (χ4v) is 1.92. The third-order valence-corrected chi connectivity index (χ3v) is 2.89. The van der Waals surface area contributed by atoms with E-state index in [9.17, 15) is 27.5 Å². The third-order valence-electron chi connectivity index (χ3n) is 2.89. The largest absolute Gasteiger partial charge is 0.392 e. The predicted molar refractivity (Wildman–Crippen MR) is 72.7 cm³/mol. The maximum atomic E-state index is 12.9. The van der Waals surface area contributed by atoms with Gasteiger partial charge in [0.2, 0.25) is 0 Å². The first-order valence-electron chi connectivity index (χ1n) is 6.60. The zero-order valence-electron chi connectivity index (χ0n) is 12.2. The Hall–Kier alpha value is -1.83. The number of carbonyl (C=O) groups excluding carboxylic acids is 1. The van der Waals surface area contributed by atoms with Crippen LogP contribution in [0, 0.1) is 5.82 Å². The van der Waals surface area contributed by atoms with E-state index in [1.54, 1.807) is 0 Å². The van der Waals surface area contributed by atoms with Crippen molar-refractivity contribution in [2.45, 2.75) is 31.7 Å². The normalized spacial score (nSPS) is 14.3. The molecule has 0 fully saturated rings. The second-order valence-corrected chi connectivity index (χ2v) is 5.10. The van der Waals surface area contributed by atoms with Gasteiger partial charge >= 0.3 is 12.2 Å².